The molecule has 1 aliphatic carbocycles. The molecule has 0 unspecified atom stereocenters. The zero-order valence-electron chi connectivity index (χ0n) is 14.1. The predicted octanol–water partition coefficient (Wildman–Crippen LogP) is 3.65. The van der Waals surface area contributed by atoms with Crippen LogP contribution in [-0.4, -0.2) is 30.2 Å². The molecule has 5 nitrogen and oxygen atoms in total. The minimum atomic E-state index is 0.312. The van der Waals surface area contributed by atoms with Gasteiger partial charge in [0.1, 0.15) is 23.7 Å². The van der Waals surface area contributed by atoms with E-state index in [4.69, 9.17) is 4.74 Å². The Bertz CT molecular complexity index is 701. The highest BCUT2D eigenvalue weighted by Crippen LogP contribution is 2.39. The lowest BCUT2D eigenvalue weighted by molar-refractivity contribution is 0.405. The molecule has 0 amide bonds. The first-order chi connectivity index (χ1) is 11.8. The summed E-state index contributed by atoms with van der Waals surface area (Å²) in [6.07, 6.45) is 6.63. The number of aromatic nitrogens is 2. The van der Waals surface area contributed by atoms with Crippen molar-refractivity contribution in [2.24, 2.45) is 5.92 Å². The molecular weight excluding hydrogens is 300 g/mol. The first-order valence-electron chi connectivity index (χ1n) is 8.80. The number of benzene rings is 1. The van der Waals surface area contributed by atoms with Gasteiger partial charge in [0, 0.05) is 24.7 Å². The van der Waals surface area contributed by atoms with Gasteiger partial charge >= 0.3 is 0 Å². The van der Waals surface area contributed by atoms with Crippen molar-refractivity contribution in [1.82, 2.24) is 9.97 Å². The monoisotopic (exact) mass is 324 g/mol. The fraction of sp³-hybridized carbons (Fsp3) is 0.474. The van der Waals surface area contributed by atoms with Crippen LogP contribution in [-0.2, 0) is 0 Å². The number of ether oxygens (including phenoxy) is 1. The topological polar surface area (TPSA) is 50.3 Å². The number of anilines is 2. The van der Waals surface area contributed by atoms with E-state index in [9.17, 15) is 0 Å². The van der Waals surface area contributed by atoms with E-state index in [-0.39, 0.29) is 0 Å². The van der Waals surface area contributed by atoms with Crippen LogP contribution in [0.5, 0.6) is 5.75 Å². The van der Waals surface area contributed by atoms with Gasteiger partial charge in [0.25, 0.3) is 0 Å². The quantitative estimate of drug-likeness (QED) is 0.879. The highest BCUT2D eigenvalue weighted by atomic mass is 16.5. The molecule has 1 atom stereocenters. The van der Waals surface area contributed by atoms with Crippen molar-refractivity contribution >= 4 is 11.6 Å². The van der Waals surface area contributed by atoms with Gasteiger partial charge in [-0.25, -0.2) is 9.97 Å². The molecule has 1 aromatic heterocycles. The number of nitrogens with one attached hydrogen (secondary N) is 1. The molecule has 0 radical (unpaired) electrons. The molecule has 5 heteroatoms. The average Bonchev–Trinajstić information content (AvgIpc) is 3.34. The minimum absolute atomic E-state index is 0.312. The summed E-state index contributed by atoms with van der Waals surface area (Å²) in [5.41, 5.74) is 1.24. The molecule has 0 spiro atoms. The molecule has 126 valence electrons. The Kier molecular flexibility index (Phi) is 4.24. The summed E-state index contributed by atoms with van der Waals surface area (Å²) in [7, 11) is 1.74. The lowest BCUT2D eigenvalue weighted by Crippen LogP contribution is -2.24. The van der Waals surface area contributed by atoms with Gasteiger partial charge in [-0.15, -0.1) is 0 Å². The van der Waals surface area contributed by atoms with Crippen LogP contribution in [0.4, 0.5) is 11.6 Å². The van der Waals surface area contributed by atoms with Gasteiger partial charge in [-0.1, -0.05) is 18.2 Å². The number of methoxy groups -OCH3 is 1. The van der Waals surface area contributed by atoms with Crippen molar-refractivity contribution in [3.05, 3.63) is 42.2 Å². The second-order valence-electron chi connectivity index (χ2n) is 6.68. The SMILES string of the molecule is COc1ccccc1[C@@H]1CCCN1c1cc(NCC2CC2)ncn1. The van der Waals surface area contributed by atoms with Crippen LogP contribution in [0.3, 0.4) is 0 Å². The molecule has 0 bridgehead atoms. The van der Waals surface area contributed by atoms with Crippen LogP contribution >= 0.6 is 0 Å². The lowest BCUT2D eigenvalue weighted by atomic mass is 10.0. The van der Waals surface area contributed by atoms with Crippen molar-refractivity contribution in [3.8, 4) is 5.75 Å². The van der Waals surface area contributed by atoms with Crippen molar-refractivity contribution in [2.45, 2.75) is 31.7 Å². The number of para-hydroxylation sites is 1. The van der Waals surface area contributed by atoms with E-state index in [1.807, 2.05) is 12.1 Å². The summed E-state index contributed by atoms with van der Waals surface area (Å²) in [6.45, 7) is 2.04. The molecule has 2 aromatic rings. The number of rotatable bonds is 6. The van der Waals surface area contributed by atoms with Crippen molar-refractivity contribution in [3.63, 3.8) is 0 Å². The Balaban J connectivity index is 1.56. The fourth-order valence-corrected chi connectivity index (χ4v) is 3.48. The van der Waals surface area contributed by atoms with Gasteiger partial charge in [-0.2, -0.15) is 0 Å². The third-order valence-corrected chi connectivity index (χ3v) is 4.97. The van der Waals surface area contributed by atoms with Crippen molar-refractivity contribution in [1.29, 1.82) is 0 Å². The smallest absolute Gasteiger partial charge is 0.134 e. The predicted molar refractivity (Wildman–Crippen MR) is 95.6 cm³/mol. The molecule has 1 N–H and O–H groups in total. The van der Waals surface area contributed by atoms with E-state index in [1.165, 1.54) is 18.4 Å². The zero-order chi connectivity index (χ0) is 16.4. The van der Waals surface area contributed by atoms with E-state index in [2.05, 4.69) is 38.4 Å². The van der Waals surface area contributed by atoms with Crippen LogP contribution < -0.4 is 15.0 Å². The van der Waals surface area contributed by atoms with Gasteiger partial charge in [0.05, 0.1) is 13.2 Å². The van der Waals surface area contributed by atoms with E-state index in [1.54, 1.807) is 13.4 Å². The van der Waals surface area contributed by atoms with Gasteiger partial charge in [0.15, 0.2) is 0 Å². The second kappa shape index (κ2) is 6.67. The molecule has 4 rings (SSSR count). The molecular formula is C19H24N4O. The van der Waals surface area contributed by atoms with Crippen molar-refractivity contribution in [2.75, 3.05) is 30.4 Å². The molecule has 1 saturated heterocycles. The Morgan fingerprint density at radius 1 is 1.21 bits per heavy atom. The molecule has 2 aliphatic rings. The van der Waals surface area contributed by atoms with E-state index >= 15 is 0 Å². The number of hydrogen-bond donors (Lipinski definition) is 1. The molecule has 2 heterocycles. The molecule has 1 saturated carbocycles. The average molecular weight is 324 g/mol. The standard InChI is InChI=1S/C19H24N4O/c1-24-17-7-3-2-5-15(17)16-6-4-10-23(16)19-11-18(21-13-22-19)20-12-14-8-9-14/h2-3,5,7,11,13-14,16H,4,6,8-10,12H2,1H3,(H,20,21,22)/t16-/m0/s1. The third kappa shape index (κ3) is 3.16. The lowest BCUT2D eigenvalue weighted by Gasteiger charge is -2.27. The van der Waals surface area contributed by atoms with E-state index in [0.29, 0.717) is 6.04 Å². The van der Waals surface area contributed by atoms with Gasteiger partial charge in [-0.05, 0) is 37.7 Å². The van der Waals surface area contributed by atoms with Gasteiger partial charge in [0.2, 0.25) is 0 Å². The summed E-state index contributed by atoms with van der Waals surface area (Å²) < 4.78 is 5.57. The highest BCUT2D eigenvalue weighted by molar-refractivity contribution is 5.52. The zero-order valence-corrected chi connectivity index (χ0v) is 14.1. The maximum atomic E-state index is 5.57. The Morgan fingerprint density at radius 3 is 2.92 bits per heavy atom. The Hall–Kier alpha value is -2.30. The third-order valence-electron chi connectivity index (χ3n) is 4.97. The molecule has 1 aromatic carbocycles. The van der Waals surface area contributed by atoms with E-state index < -0.39 is 0 Å². The fourth-order valence-electron chi connectivity index (χ4n) is 3.48. The maximum absolute atomic E-state index is 5.57. The van der Waals surface area contributed by atoms with E-state index in [0.717, 1.165) is 49.2 Å². The Labute approximate surface area is 143 Å². The molecule has 1 aliphatic heterocycles. The minimum Gasteiger partial charge on any atom is -0.496 e. The molecule has 24 heavy (non-hydrogen) atoms. The molecule has 2 fully saturated rings. The Morgan fingerprint density at radius 2 is 2.08 bits per heavy atom. The second-order valence-corrected chi connectivity index (χ2v) is 6.68. The van der Waals surface area contributed by atoms with Crippen LogP contribution in [0.15, 0.2) is 36.7 Å². The highest BCUT2D eigenvalue weighted by Gasteiger charge is 2.29. The first kappa shape index (κ1) is 15.2. The summed E-state index contributed by atoms with van der Waals surface area (Å²) in [5, 5.41) is 3.45. The summed E-state index contributed by atoms with van der Waals surface area (Å²) in [6, 6.07) is 10.7. The number of hydrogen-bond acceptors (Lipinski definition) is 5. The van der Waals surface area contributed by atoms with Crippen LogP contribution in [0.25, 0.3) is 0 Å². The van der Waals surface area contributed by atoms with Crippen LogP contribution in [0, 0.1) is 5.92 Å². The van der Waals surface area contributed by atoms with Gasteiger partial charge < -0.3 is 15.0 Å². The maximum Gasteiger partial charge on any atom is 0.134 e. The summed E-state index contributed by atoms with van der Waals surface area (Å²) in [4.78, 5) is 11.3. The largest absolute Gasteiger partial charge is 0.496 e. The number of nitrogens with zero attached hydrogens (tertiary/aromatic N) is 3. The van der Waals surface area contributed by atoms with Crippen molar-refractivity contribution < 1.29 is 4.74 Å². The van der Waals surface area contributed by atoms with Crippen LogP contribution in [0.2, 0.25) is 0 Å². The first-order valence-corrected chi connectivity index (χ1v) is 8.80. The summed E-state index contributed by atoms with van der Waals surface area (Å²) >= 11 is 0. The summed E-state index contributed by atoms with van der Waals surface area (Å²) in [5.74, 6) is 3.71. The normalized spacial score (nSPS) is 20.2. The van der Waals surface area contributed by atoms with Crippen LogP contribution in [0.1, 0.15) is 37.3 Å². The van der Waals surface area contributed by atoms with Gasteiger partial charge in [-0.3, -0.25) is 0 Å².